The van der Waals surface area contributed by atoms with Crippen LogP contribution in [0.1, 0.15) is 36.0 Å². The molecule has 0 bridgehead atoms. The van der Waals surface area contributed by atoms with Gasteiger partial charge in [0.2, 0.25) is 0 Å². The van der Waals surface area contributed by atoms with E-state index in [9.17, 15) is 13.2 Å². The molecule has 3 rings (SSSR count). The van der Waals surface area contributed by atoms with E-state index in [1.165, 1.54) is 31.4 Å². The predicted octanol–water partition coefficient (Wildman–Crippen LogP) is 3.60. The highest BCUT2D eigenvalue weighted by Gasteiger charge is 2.19. The molecule has 0 heterocycles. The number of methoxy groups -OCH3 is 1. The smallest absolute Gasteiger partial charge is 0.337 e. The maximum atomic E-state index is 12.6. The molecule has 2 aromatic rings. The monoisotopic (exact) mass is 375 g/mol. The third-order valence-corrected chi connectivity index (χ3v) is 5.64. The zero-order valence-electron chi connectivity index (χ0n) is 14.5. The van der Waals surface area contributed by atoms with Gasteiger partial charge >= 0.3 is 5.97 Å². The quantitative estimate of drug-likeness (QED) is 0.780. The van der Waals surface area contributed by atoms with E-state index < -0.39 is 16.0 Å². The third-order valence-electron chi connectivity index (χ3n) is 4.26. The number of benzene rings is 2. The highest BCUT2D eigenvalue weighted by atomic mass is 32.2. The molecule has 0 amide bonds. The number of sulfonamides is 1. The molecule has 1 saturated carbocycles. The van der Waals surface area contributed by atoms with Gasteiger partial charge in [-0.1, -0.05) is 12.1 Å². The minimum absolute atomic E-state index is 0.0116. The summed E-state index contributed by atoms with van der Waals surface area (Å²) in [6.07, 6.45) is 4.56. The molecule has 1 N–H and O–H groups in total. The van der Waals surface area contributed by atoms with Gasteiger partial charge in [-0.2, -0.15) is 0 Å². The van der Waals surface area contributed by atoms with Gasteiger partial charge in [-0.25, -0.2) is 13.2 Å². The number of carbonyl (C=O) groups is 1. The summed E-state index contributed by atoms with van der Waals surface area (Å²) in [4.78, 5) is 11.6. The Bertz CT molecular complexity index is 888. The van der Waals surface area contributed by atoms with E-state index in [0.717, 1.165) is 25.7 Å². The lowest BCUT2D eigenvalue weighted by Crippen LogP contribution is -2.14. The van der Waals surface area contributed by atoms with Gasteiger partial charge in [0.15, 0.2) is 0 Å². The molecule has 7 heteroatoms. The minimum atomic E-state index is -3.83. The van der Waals surface area contributed by atoms with Gasteiger partial charge in [-0.05, 0) is 56.0 Å². The average molecular weight is 375 g/mol. The third kappa shape index (κ3) is 4.35. The maximum absolute atomic E-state index is 12.6. The predicted molar refractivity (Wildman–Crippen MR) is 97.9 cm³/mol. The van der Waals surface area contributed by atoms with Crippen LogP contribution in [0.5, 0.6) is 5.75 Å². The number of hydrogen-bond donors (Lipinski definition) is 1. The molecule has 1 fully saturated rings. The van der Waals surface area contributed by atoms with E-state index in [2.05, 4.69) is 9.46 Å². The van der Waals surface area contributed by atoms with Gasteiger partial charge in [0.1, 0.15) is 5.75 Å². The van der Waals surface area contributed by atoms with Crippen LogP contribution in [0.15, 0.2) is 53.4 Å². The number of carbonyl (C=O) groups excluding carboxylic acids is 1. The van der Waals surface area contributed by atoms with Gasteiger partial charge in [-0.3, -0.25) is 4.72 Å². The second-order valence-corrected chi connectivity index (χ2v) is 7.86. The number of hydrogen-bond acceptors (Lipinski definition) is 5. The van der Waals surface area contributed by atoms with Crippen molar-refractivity contribution in [2.45, 2.75) is 36.7 Å². The van der Waals surface area contributed by atoms with E-state index in [1.807, 2.05) is 6.07 Å². The van der Waals surface area contributed by atoms with Crippen molar-refractivity contribution in [2.75, 3.05) is 11.8 Å². The van der Waals surface area contributed by atoms with Gasteiger partial charge in [0.05, 0.1) is 29.4 Å². The first kappa shape index (κ1) is 18.3. The number of rotatable bonds is 6. The van der Waals surface area contributed by atoms with E-state index in [4.69, 9.17) is 4.74 Å². The highest BCUT2D eigenvalue weighted by Crippen LogP contribution is 2.26. The molecule has 0 atom stereocenters. The zero-order valence-corrected chi connectivity index (χ0v) is 15.3. The second-order valence-electron chi connectivity index (χ2n) is 6.18. The van der Waals surface area contributed by atoms with E-state index >= 15 is 0 Å². The van der Waals surface area contributed by atoms with Crippen molar-refractivity contribution in [3.8, 4) is 5.75 Å². The molecule has 0 spiro atoms. The molecule has 1 aliphatic carbocycles. The lowest BCUT2D eigenvalue weighted by atomic mass is 10.2. The summed E-state index contributed by atoms with van der Waals surface area (Å²) in [5.74, 6) is 0.0504. The zero-order chi connectivity index (χ0) is 18.6. The van der Waals surface area contributed by atoms with Crippen molar-refractivity contribution in [1.29, 1.82) is 0 Å². The molecule has 26 heavy (non-hydrogen) atoms. The Morgan fingerprint density at radius 1 is 1.08 bits per heavy atom. The molecule has 0 unspecified atom stereocenters. The standard InChI is InChI=1S/C19H21NO5S/c1-24-19(21)14-6-4-11-18(12-14)26(22,23)20-15-7-5-10-17(13-15)25-16-8-2-3-9-16/h4-7,10-13,16,20H,2-3,8-9H2,1H3. The van der Waals surface area contributed by atoms with Crippen molar-refractivity contribution < 1.29 is 22.7 Å². The maximum Gasteiger partial charge on any atom is 0.337 e. The van der Waals surface area contributed by atoms with Crippen molar-refractivity contribution in [2.24, 2.45) is 0 Å². The fourth-order valence-corrected chi connectivity index (χ4v) is 4.05. The molecular weight excluding hydrogens is 354 g/mol. The molecule has 6 nitrogen and oxygen atoms in total. The summed E-state index contributed by atoms with van der Waals surface area (Å²) in [5.41, 5.74) is 0.581. The Morgan fingerprint density at radius 3 is 2.54 bits per heavy atom. The Hall–Kier alpha value is -2.54. The van der Waals surface area contributed by atoms with Crippen LogP contribution >= 0.6 is 0 Å². The lowest BCUT2D eigenvalue weighted by molar-refractivity contribution is 0.0600. The first-order chi connectivity index (χ1) is 12.5. The van der Waals surface area contributed by atoms with Crippen LogP contribution in [0.25, 0.3) is 0 Å². The molecule has 0 aliphatic heterocycles. The van der Waals surface area contributed by atoms with Crippen LogP contribution in [0, 0.1) is 0 Å². The molecule has 0 saturated heterocycles. The number of nitrogens with one attached hydrogen (secondary N) is 1. The Morgan fingerprint density at radius 2 is 1.81 bits per heavy atom. The first-order valence-electron chi connectivity index (χ1n) is 8.46. The summed E-state index contributed by atoms with van der Waals surface area (Å²) < 4.78 is 38.3. The summed E-state index contributed by atoms with van der Waals surface area (Å²) in [6, 6.07) is 12.6. The normalized spacial score (nSPS) is 14.8. The SMILES string of the molecule is COC(=O)c1cccc(S(=O)(=O)Nc2cccc(OC3CCCC3)c2)c1. The number of esters is 1. The summed E-state index contributed by atoms with van der Waals surface area (Å²) in [6.45, 7) is 0. The Balaban J connectivity index is 1.78. The number of ether oxygens (including phenoxy) is 2. The molecule has 0 aromatic heterocycles. The molecule has 138 valence electrons. The van der Waals surface area contributed by atoms with Gasteiger partial charge in [-0.15, -0.1) is 0 Å². The van der Waals surface area contributed by atoms with Crippen LogP contribution in [-0.2, 0) is 14.8 Å². The summed E-state index contributed by atoms with van der Waals surface area (Å²) in [7, 11) is -2.59. The molecule has 0 radical (unpaired) electrons. The van der Waals surface area contributed by atoms with Gasteiger partial charge < -0.3 is 9.47 Å². The van der Waals surface area contributed by atoms with E-state index in [-0.39, 0.29) is 16.6 Å². The molecule has 1 aliphatic rings. The Kier molecular flexibility index (Phi) is 5.46. The average Bonchev–Trinajstić information content (AvgIpc) is 3.14. The highest BCUT2D eigenvalue weighted by molar-refractivity contribution is 7.92. The summed E-state index contributed by atoms with van der Waals surface area (Å²) in [5, 5.41) is 0. The minimum Gasteiger partial charge on any atom is -0.490 e. The second kappa shape index (κ2) is 7.78. The van der Waals surface area contributed by atoms with Crippen LogP contribution in [0.2, 0.25) is 0 Å². The topological polar surface area (TPSA) is 81.7 Å². The first-order valence-corrected chi connectivity index (χ1v) is 9.94. The van der Waals surface area contributed by atoms with Crippen molar-refractivity contribution in [3.05, 3.63) is 54.1 Å². The lowest BCUT2D eigenvalue weighted by Gasteiger charge is -2.14. The van der Waals surface area contributed by atoms with Crippen LogP contribution < -0.4 is 9.46 Å². The van der Waals surface area contributed by atoms with Gasteiger partial charge in [0, 0.05) is 6.07 Å². The van der Waals surface area contributed by atoms with Gasteiger partial charge in [0.25, 0.3) is 10.0 Å². The van der Waals surface area contributed by atoms with Crippen molar-refractivity contribution >= 4 is 21.7 Å². The van der Waals surface area contributed by atoms with Crippen LogP contribution in [0.3, 0.4) is 0 Å². The largest absolute Gasteiger partial charge is 0.490 e. The van der Waals surface area contributed by atoms with E-state index in [0.29, 0.717) is 11.4 Å². The number of anilines is 1. The van der Waals surface area contributed by atoms with Crippen LogP contribution in [0.4, 0.5) is 5.69 Å². The van der Waals surface area contributed by atoms with Crippen LogP contribution in [-0.4, -0.2) is 27.6 Å². The van der Waals surface area contributed by atoms with Crippen molar-refractivity contribution in [1.82, 2.24) is 0 Å². The molecule has 2 aromatic carbocycles. The molecular formula is C19H21NO5S. The van der Waals surface area contributed by atoms with Crippen molar-refractivity contribution in [3.63, 3.8) is 0 Å². The Labute approximate surface area is 153 Å². The fraction of sp³-hybridized carbons (Fsp3) is 0.316. The van der Waals surface area contributed by atoms with E-state index in [1.54, 1.807) is 18.2 Å². The summed E-state index contributed by atoms with van der Waals surface area (Å²) >= 11 is 0. The fourth-order valence-electron chi connectivity index (χ4n) is 2.95.